The molecule has 262 valence electrons. The minimum atomic E-state index is -0.803. The summed E-state index contributed by atoms with van der Waals surface area (Å²) in [6.45, 7) is 4.72. The number of rotatable bonds is 12. The Labute approximate surface area is 295 Å². The molecule has 0 spiro atoms. The van der Waals surface area contributed by atoms with Crippen LogP contribution in [0.4, 0.5) is 5.69 Å². The minimum absolute atomic E-state index is 0.0882. The van der Waals surface area contributed by atoms with Gasteiger partial charge in [0.2, 0.25) is 0 Å². The lowest BCUT2D eigenvalue weighted by Gasteiger charge is -2.23. The van der Waals surface area contributed by atoms with Gasteiger partial charge in [0.1, 0.15) is 5.75 Å². The summed E-state index contributed by atoms with van der Waals surface area (Å²) in [5, 5.41) is 17.6. The van der Waals surface area contributed by atoms with Crippen LogP contribution in [0, 0.1) is 6.92 Å². The Morgan fingerprint density at radius 3 is 2.36 bits per heavy atom. The highest BCUT2D eigenvalue weighted by Gasteiger charge is 2.23. The molecule has 2 atom stereocenters. The molecule has 2 aliphatic heterocycles. The van der Waals surface area contributed by atoms with E-state index in [9.17, 15) is 19.5 Å². The molecule has 3 N–H and O–H groups in total. The van der Waals surface area contributed by atoms with Gasteiger partial charge in [0.25, 0.3) is 11.8 Å². The van der Waals surface area contributed by atoms with Crippen LogP contribution in [0.5, 0.6) is 17.2 Å². The molecule has 0 aromatic heterocycles. The lowest BCUT2D eigenvalue weighted by Crippen LogP contribution is -2.42. The Morgan fingerprint density at radius 2 is 1.62 bits per heavy atom. The molecule has 6 rings (SSSR count). The Balaban J connectivity index is 1.34. The molecule has 2 heterocycles. The van der Waals surface area contributed by atoms with Crippen molar-refractivity contribution < 1.29 is 33.7 Å². The van der Waals surface area contributed by atoms with Crippen LogP contribution in [-0.4, -0.2) is 54.0 Å². The summed E-state index contributed by atoms with van der Waals surface area (Å²) >= 11 is 0. The van der Waals surface area contributed by atoms with Gasteiger partial charge in [-0.3, -0.25) is 9.59 Å². The molecule has 2 amide bonds. The zero-order valence-electron chi connectivity index (χ0n) is 28.9. The van der Waals surface area contributed by atoms with Gasteiger partial charge < -0.3 is 30.0 Å². The first-order valence-corrected chi connectivity index (χ1v) is 18.5. The average molecular weight is 697 g/mol. The molecule has 9 nitrogen and oxygen atoms in total. The van der Waals surface area contributed by atoms with E-state index in [4.69, 9.17) is 14.2 Å². The van der Waals surface area contributed by atoms with Crippen LogP contribution in [-0.2, 0) is 6.42 Å². The maximum Gasteiger partial charge on any atom is 0.343 e. The Hall–Kier alpha value is -4.93. The monoisotopic (exact) mass is 696 g/mol. The number of carbonyl (C=O) groups is 3. The van der Waals surface area contributed by atoms with E-state index in [2.05, 4.69) is 17.6 Å². The van der Waals surface area contributed by atoms with E-state index in [1.807, 2.05) is 19.2 Å². The third-order valence-electron chi connectivity index (χ3n) is 8.54. The molecule has 4 bridgehead atoms. The van der Waals surface area contributed by atoms with Crippen LogP contribution in [0.1, 0.15) is 81.2 Å². The number of hydrogen-bond donors (Lipinski definition) is 3. The second kappa shape index (κ2) is 17.1. The number of aliphatic hydroxyl groups excluding tert-OH is 1. The summed E-state index contributed by atoms with van der Waals surface area (Å²) in [6.07, 6.45) is 7.89. The molecular formula is C40H44N2O7S. The van der Waals surface area contributed by atoms with Crippen molar-refractivity contribution in [3.05, 3.63) is 113 Å². The number of aliphatic hydroxyl groups is 1. The van der Waals surface area contributed by atoms with E-state index >= 15 is 0 Å². The summed E-state index contributed by atoms with van der Waals surface area (Å²) in [5.74, 6) is 0.0355. The summed E-state index contributed by atoms with van der Waals surface area (Å²) in [6, 6.07) is 23.3. The molecule has 0 radical (unpaired) electrons. The normalized spacial score (nSPS) is 15.9. The molecule has 2 unspecified atom stereocenters. The number of anilines is 1. The largest absolute Gasteiger partial charge is 0.494 e. The first kappa shape index (κ1) is 36.4. The van der Waals surface area contributed by atoms with E-state index in [-0.39, 0.29) is 23.1 Å². The molecule has 0 aliphatic carbocycles. The number of hydrogen-bond acceptors (Lipinski definition) is 6. The van der Waals surface area contributed by atoms with Crippen LogP contribution in [0.15, 0.2) is 89.8 Å². The van der Waals surface area contributed by atoms with Crippen LogP contribution in [0.25, 0.3) is 0 Å². The number of nitrogens with one attached hydrogen (secondary N) is 2. The highest BCUT2D eigenvalue weighted by molar-refractivity contribution is 8.15. The molecule has 10 heteroatoms. The molecule has 4 aromatic carbocycles. The number of esters is 1. The van der Waals surface area contributed by atoms with Crippen LogP contribution < -0.4 is 24.8 Å². The number of benzene rings is 4. The lowest BCUT2D eigenvalue weighted by atomic mass is 10.0. The summed E-state index contributed by atoms with van der Waals surface area (Å²) < 4.78 is 17.1. The van der Waals surface area contributed by atoms with Gasteiger partial charge in [-0.25, -0.2) is 4.79 Å². The lowest BCUT2D eigenvalue weighted by molar-refractivity contribution is 0.0729. The van der Waals surface area contributed by atoms with Gasteiger partial charge in [0.15, 0.2) is 11.5 Å². The van der Waals surface area contributed by atoms with Crippen molar-refractivity contribution in [2.45, 2.75) is 63.3 Å². The third-order valence-corrected chi connectivity index (χ3v) is 10.6. The van der Waals surface area contributed by atoms with Crippen LogP contribution in [0.3, 0.4) is 0 Å². The maximum atomic E-state index is 13.5. The van der Waals surface area contributed by atoms with Crippen molar-refractivity contribution in [3.63, 3.8) is 0 Å². The SMILES string of the molecule is CCCCCCCOc1ccc(C(=O)Oc2ccc(CC3NC(=O)c4cccc(c4)NC(=O)c4ccc(c(C)c4)S(C)=C3O)cc2OC)cc1. The molecule has 4 aromatic rings. The van der Waals surface area contributed by atoms with Gasteiger partial charge in [-0.2, -0.15) is 0 Å². The molecule has 50 heavy (non-hydrogen) atoms. The van der Waals surface area contributed by atoms with Crippen LogP contribution in [0.2, 0.25) is 0 Å². The zero-order valence-corrected chi connectivity index (χ0v) is 29.7. The molecule has 0 saturated carbocycles. The van der Waals surface area contributed by atoms with Gasteiger partial charge in [0, 0.05) is 21.7 Å². The highest BCUT2D eigenvalue weighted by atomic mass is 32.2. The number of methoxy groups -OCH3 is 1. The van der Waals surface area contributed by atoms with Gasteiger partial charge in [-0.15, -0.1) is 10.5 Å². The predicted octanol–water partition coefficient (Wildman–Crippen LogP) is 8.12. The molecule has 2 aliphatic rings. The fraction of sp³-hybridized carbons (Fsp3) is 0.300. The number of amides is 2. The Bertz CT molecular complexity index is 1890. The van der Waals surface area contributed by atoms with E-state index in [1.165, 1.54) is 26.4 Å². The van der Waals surface area contributed by atoms with E-state index in [1.54, 1.807) is 78.9 Å². The van der Waals surface area contributed by atoms with Crippen LogP contribution >= 0.6 is 10.5 Å². The summed E-state index contributed by atoms with van der Waals surface area (Å²) in [5.41, 5.74) is 3.25. The molecule has 0 saturated heterocycles. The van der Waals surface area contributed by atoms with Gasteiger partial charge >= 0.3 is 5.97 Å². The van der Waals surface area contributed by atoms with Gasteiger partial charge in [-0.05, 0) is 110 Å². The van der Waals surface area contributed by atoms with Crippen molar-refractivity contribution in [2.24, 2.45) is 0 Å². The molecular weight excluding hydrogens is 653 g/mol. The first-order chi connectivity index (χ1) is 24.2. The fourth-order valence-corrected chi connectivity index (χ4v) is 7.35. The predicted molar refractivity (Wildman–Crippen MR) is 199 cm³/mol. The number of carbonyl (C=O) groups excluding carboxylic acids is 3. The second-order valence-electron chi connectivity index (χ2n) is 12.3. The fourth-order valence-electron chi connectivity index (χ4n) is 5.74. The standard InChI is InChI=1S/C40H44N2O7S/c1-5-6-7-8-9-21-48-32-17-14-28(15-18-32)39(45)49-34-19-13-27(24-35(34)47-3)23-33-40(46)50(4)36-20-16-30(22-26(36)2)37(43)41-31-12-10-11-29(25-31)38(44)42-33/h10-20,22,24-25,33,46H,5-9,21,23H2,1-4H3,(H,41,43)(H,42,44). The number of ether oxygens (including phenoxy) is 3. The van der Waals surface area contributed by atoms with Crippen molar-refractivity contribution >= 4 is 39.0 Å². The Morgan fingerprint density at radius 1 is 0.860 bits per heavy atom. The van der Waals surface area contributed by atoms with Crippen molar-refractivity contribution in [2.75, 3.05) is 25.3 Å². The number of fused-ring (bicyclic) bond motifs is 6. The van der Waals surface area contributed by atoms with Crippen molar-refractivity contribution in [1.82, 2.24) is 5.32 Å². The zero-order chi connectivity index (χ0) is 35.6. The van der Waals surface area contributed by atoms with E-state index in [0.29, 0.717) is 40.5 Å². The van der Waals surface area contributed by atoms with E-state index in [0.717, 1.165) is 28.9 Å². The van der Waals surface area contributed by atoms with E-state index < -0.39 is 28.4 Å². The number of unbranched alkanes of at least 4 members (excludes halogenated alkanes) is 4. The highest BCUT2D eigenvalue weighted by Crippen LogP contribution is 2.32. The smallest absolute Gasteiger partial charge is 0.343 e. The van der Waals surface area contributed by atoms with Crippen molar-refractivity contribution in [3.8, 4) is 17.2 Å². The first-order valence-electron chi connectivity index (χ1n) is 16.8. The third kappa shape index (κ3) is 9.19. The van der Waals surface area contributed by atoms with Crippen molar-refractivity contribution in [1.29, 1.82) is 0 Å². The maximum absolute atomic E-state index is 13.5. The average Bonchev–Trinajstić information content (AvgIpc) is 3.12. The summed E-state index contributed by atoms with van der Waals surface area (Å²) in [7, 11) is 0.683. The number of aryl methyl sites for hydroxylation is 1. The summed E-state index contributed by atoms with van der Waals surface area (Å²) in [4.78, 5) is 40.3. The van der Waals surface area contributed by atoms with Gasteiger partial charge in [0.05, 0.1) is 30.4 Å². The minimum Gasteiger partial charge on any atom is -0.494 e. The Kier molecular flexibility index (Phi) is 12.5. The quantitative estimate of drug-likeness (QED) is 0.0592. The second-order valence-corrected chi connectivity index (χ2v) is 14.1. The molecule has 0 fully saturated rings. The van der Waals surface area contributed by atoms with Gasteiger partial charge in [-0.1, -0.05) is 44.7 Å². The topological polar surface area (TPSA) is 123 Å².